The molecule has 0 aliphatic carbocycles. The zero-order valence-corrected chi connectivity index (χ0v) is 11.7. The van der Waals surface area contributed by atoms with Gasteiger partial charge >= 0.3 is 0 Å². The number of aromatic nitrogens is 1. The predicted octanol–water partition coefficient (Wildman–Crippen LogP) is 2.75. The average molecular weight is 273 g/mol. The summed E-state index contributed by atoms with van der Waals surface area (Å²) in [6, 6.07) is 10.9. The summed E-state index contributed by atoms with van der Waals surface area (Å²) in [5, 5.41) is 0. The summed E-state index contributed by atoms with van der Waals surface area (Å²) < 4.78 is 13.7. The Morgan fingerprint density at radius 3 is 2.75 bits per heavy atom. The standard InChI is InChI=1S/C16H20FN3/c1-2-20(12-15-5-3-4-8-19-15)16-10-13(6-7-18)9-14(17)11-16/h3-5,8-11H,2,6-7,12,18H2,1H3. The lowest BCUT2D eigenvalue weighted by Crippen LogP contribution is -2.23. The van der Waals surface area contributed by atoms with Crippen LogP contribution in [0.15, 0.2) is 42.6 Å². The summed E-state index contributed by atoms with van der Waals surface area (Å²) in [4.78, 5) is 6.42. The van der Waals surface area contributed by atoms with Crippen LogP contribution in [0, 0.1) is 5.82 Å². The van der Waals surface area contributed by atoms with Gasteiger partial charge in [0, 0.05) is 18.4 Å². The third kappa shape index (κ3) is 3.78. The fraction of sp³-hybridized carbons (Fsp3) is 0.312. The first-order valence-corrected chi connectivity index (χ1v) is 6.87. The number of nitrogens with two attached hydrogens (primary N) is 1. The van der Waals surface area contributed by atoms with E-state index in [0.717, 1.165) is 23.5 Å². The van der Waals surface area contributed by atoms with Crippen LogP contribution in [-0.4, -0.2) is 18.1 Å². The van der Waals surface area contributed by atoms with E-state index in [0.29, 0.717) is 19.5 Å². The van der Waals surface area contributed by atoms with Crippen LogP contribution in [0.5, 0.6) is 0 Å². The fourth-order valence-electron chi connectivity index (χ4n) is 2.20. The molecule has 0 atom stereocenters. The SMILES string of the molecule is CCN(Cc1ccccn1)c1cc(F)cc(CCN)c1. The van der Waals surface area contributed by atoms with E-state index >= 15 is 0 Å². The fourth-order valence-corrected chi connectivity index (χ4v) is 2.20. The first-order chi connectivity index (χ1) is 9.72. The highest BCUT2D eigenvalue weighted by atomic mass is 19.1. The monoisotopic (exact) mass is 273 g/mol. The maximum absolute atomic E-state index is 13.7. The summed E-state index contributed by atoms with van der Waals surface area (Å²) in [5.41, 5.74) is 8.33. The molecule has 2 aromatic rings. The lowest BCUT2D eigenvalue weighted by Gasteiger charge is -2.23. The minimum absolute atomic E-state index is 0.217. The molecule has 0 radical (unpaired) electrons. The van der Waals surface area contributed by atoms with Crippen LogP contribution in [0.4, 0.5) is 10.1 Å². The number of pyridine rings is 1. The Balaban J connectivity index is 2.22. The second-order valence-corrected chi connectivity index (χ2v) is 4.69. The molecule has 0 amide bonds. The van der Waals surface area contributed by atoms with Crippen LogP contribution in [-0.2, 0) is 13.0 Å². The van der Waals surface area contributed by atoms with Gasteiger partial charge in [0.15, 0.2) is 0 Å². The number of halogens is 1. The summed E-state index contributed by atoms with van der Waals surface area (Å²) in [5.74, 6) is -0.217. The van der Waals surface area contributed by atoms with E-state index in [1.807, 2.05) is 24.3 Å². The van der Waals surface area contributed by atoms with Crippen LogP contribution >= 0.6 is 0 Å². The summed E-state index contributed by atoms with van der Waals surface area (Å²) in [7, 11) is 0. The number of nitrogens with zero attached hydrogens (tertiary/aromatic N) is 2. The number of benzene rings is 1. The van der Waals surface area contributed by atoms with E-state index in [1.54, 1.807) is 18.3 Å². The van der Waals surface area contributed by atoms with Crippen LogP contribution in [0.25, 0.3) is 0 Å². The van der Waals surface area contributed by atoms with Crippen molar-refractivity contribution in [3.05, 3.63) is 59.7 Å². The van der Waals surface area contributed by atoms with Crippen molar-refractivity contribution in [3.63, 3.8) is 0 Å². The van der Waals surface area contributed by atoms with Crippen molar-refractivity contribution < 1.29 is 4.39 Å². The number of rotatable bonds is 6. The second-order valence-electron chi connectivity index (χ2n) is 4.69. The molecule has 1 aromatic heterocycles. The average Bonchev–Trinajstić information content (AvgIpc) is 2.45. The highest BCUT2D eigenvalue weighted by Crippen LogP contribution is 2.20. The van der Waals surface area contributed by atoms with Crippen LogP contribution in [0.1, 0.15) is 18.2 Å². The molecular weight excluding hydrogens is 253 g/mol. The summed E-state index contributed by atoms with van der Waals surface area (Å²) in [6.07, 6.45) is 2.46. The van der Waals surface area contributed by atoms with Gasteiger partial charge in [-0.05, 0) is 55.8 Å². The lowest BCUT2D eigenvalue weighted by atomic mass is 10.1. The van der Waals surface area contributed by atoms with E-state index in [1.165, 1.54) is 0 Å². The van der Waals surface area contributed by atoms with Gasteiger partial charge in [-0.15, -0.1) is 0 Å². The van der Waals surface area contributed by atoms with E-state index in [-0.39, 0.29) is 5.82 Å². The van der Waals surface area contributed by atoms with Crippen molar-refractivity contribution in [1.82, 2.24) is 4.98 Å². The van der Waals surface area contributed by atoms with E-state index in [4.69, 9.17) is 5.73 Å². The molecule has 4 heteroatoms. The topological polar surface area (TPSA) is 42.2 Å². The van der Waals surface area contributed by atoms with E-state index in [9.17, 15) is 4.39 Å². The minimum Gasteiger partial charge on any atom is -0.366 e. The molecular formula is C16H20FN3. The Bertz CT molecular complexity index is 543. The largest absolute Gasteiger partial charge is 0.366 e. The zero-order valence-electron chi connectivity index (χ0n) is 11.7. The van der Waals surface area contributed by atoms with Gasteiger partial charge in [-0.1, -0.05) is 6.07 Å². The first-order valence-electron chi connectivity index (χ1n) is 6.87. The minimum atomic E-state index is -0.217. The van der Waals surface area contributed by atoms with Crippen molar-refractivity contribution in [1.29, 1.82) is 0 Å². The molecule has 2 N–H and O–H groups in total. The highest BCUT2D eigenvalue weighted by Gasteiger charge is 2.09. The summed E-state index contributed by atoms with van der Waals surface area (Å²) >= 11 is 0. The van der Waals surface area contributed by atoms with Crippen molar-refractivity contribution >= 4 is 5.69 Å². The highest BCUT2D eigenvalue weighted by molar-refractivity contribution is 5.49. The molecule has 106 valence electrons. The van der Waals surface area contributed by atoms with Crippen molar-refractivity contribution in [2.75, 3.05) is 18.0 Å². The van der Waals surface area contributed by atoms with Gasteiger partial charge in [0.2, 0.25) is 0 Å². The molecule has 0 unspecified atom stereocenters. The molecule has 0 saturated heterocycles. The first kappa shape index (κ1) is 14.5. The number of anilines is 1. The van der Waals surface area contributed by atoms with E-state index in [2.05, 4.69) is 16.8 Å². The quantitative estimate of drug-likeness (QED) is 0.880. The van der Waals surface area contributed by atoms with Crippen molar-refractivity contribution in [3.8, 4) is 0 Å². The predicted molar refractivity (Wildman–Crippen MR) is 80.1 cm³/mol. The molecule has 2 rings (SSSR count). The second kappa shape index (κ2) is 7.01. The molecule has 0 aliphatic rings. The zero-order chi connectivity index (χ0) is 14.4. The molecule has 1 heterocycles. The summed E-state index contributed by atoms with van der Waals surface area (Å²) in [6.45, 7) is 4.04. The lowest BCUT2D eigenvalue weighted by molar-refractivity contribution is 0.623. The maximum atomic E-state index is 13.7. The Morgan fingerprint density at radius 2 is 2.10 bits per heavy atom. The van der Waals surface area contributed by atoms with Gasteiger partial charge in [0.25, 0.3) is 0 Å². The Hall–Kier alpha value is -1.94. The molecule has 20 heavy (non-hydrogen) atoms. The number of hydrogen-bond donors (Lipinski definition) is 1. The number of hydrogen-bond acceptors (Lipinski definition) is 3. The maximum Gasteiger partial charge on any atom is 0.125 e. The molecule has 0 aliphatic heterocycles. The van der Waals surface area contributed by atoms with Gasteiger partial charge < -0.3 is 10.6 Å². The Morgan fingerprint density at radius 1 is 1.25 bits per heavy atom. The van der Waals surface area contributed by atoms with Crippen LogP contribution in [0.2, 0.25) is 0 Å². The van der Waals surface area contributed by atoms with E-state index < -0.39 is 0 Å². The van der Waals surface area contributed by atoms with Gasteiger partial charge in [-0.25, -0.2) is 4.39 Å². The third-order valence-electron chi connectivity index (χ3n) is 3.20. The normalized spacial score (nSPS) is 10.6. The van der Waals surface area contributed by atoms with Gasteiger partial charge in [0.1, 0.15) is 5.82 Å². The van der Waals surface area contributed by atoms with Crippen molar-refractivity contribution in [2.45, 2.75) is 19.9 Å². The molecule has 0 bridgehead atoms. The molecule has 0 spiro atoms. The third-order valence-corrected chi connectivity index (χ3v) is 3.20. The van der Waals surface area contributed by atoms with Crippen LogP contribution in [0.3, 0.4) is 0 Å². The Labute approximate surface area is 119 Å². The Kier molecular flexibility index (Phi) is 5.07. The molecule has 3 nitrogen and oxygen atoms in total. The van der Waals surface area contributed by atoms with Gasteiger partial charge in [0.05, 0.1) is 12.2 Å². The smallest absolute Gasteiger partial charge is 0.125 e. The molecule has 0 saturated carbocycles. The molecule has 1 aromatic carbocycles. The van der Waals surface area contributed by atoms with Crippen molar-refractivity contribution in [2.24, 2.45) is 5.73 Å². The van der Waals surface area contributed by atoms with Crippen LogP contribution < -0.4 is 10.6 Å². The van der Waals surface area contributed by atoms with Gasteiger partial charge in [-0.3, -0.25) is 4.98 Å². The molecule has 0 fully saturated rings. The van der Waals surface area contributed by atoms with Gasteiger partial charge in [-0.2, -0.15) is 0 Å².